The SMILES string of the molecule is CCOC(=O)COc1cc(C=O)ccc1OC.COC(=O)CCCCOc1cc(C=O)ccc1OC.COc1ccc(C=O)cc1OCCCNC(=O)OC(C)(C)C. The lowest BCUT2D eigenvalue weighted by atomic mass is 10.2. The van der Waals surface area contributed by atoms with Crippen molar-refractivity contribution in [1.29, 1.82) is 0 Å². The largest absolute Gasteiger partial charge is 0.493 e. The summed E-state index contributed by atoms with van der Waals surface area (Å²) in [5.74, 6) is 2.29. The van der Waals surface area contributed by atoms with Gasteiger partial charge in [-0.25, -0.2) is 9.59 Å². The van der Waals surface area contributed by atoms with E-state index in [0.29, 0.717) is 103 Å². The van der Waals surface area contributed by atoms with Crippen LogP contribution in [0.5, 0.6) is 34.5 Å². The van der Waals surface area contributed by atoms with Gasteiger partial charge in [-0.1, -0.05) is 0 Å². The van der Waals surface area contributed by atoms with E-state index in [1.165, 1.54) is 27.4 Å². The van der Waals surface area contributed by atoms with Crippen LogP contribution in [-0.2, 0) is 23.8 Å². The van der Waals surface area contributed by atoms with E-state index in [1.807, 2.05) is 20.8 Å². The van der Waals surface area contributed by atoms with Crippen LogP contribution in [0.25, 0.3) is 0 Å². The van der Waals surface area contributed by atoms with Gasteiger partial charge in [-0.15, -0.1) is 0 Å². The van der Waals surface area contributed by atoms with Crippen molar-refractivity contribution < 1.29 is 71.4 Å². The third-order valence-electron chi connectivity index (χ3n) is 7.13. The molecule has 16 heteroatoms. The molecule has 1 amide bonds. The Bertz CT molecular complexity index is 1740. The van der Waals surface area contributed by atoms with Gasteiger partial charge >= 0.3 is 18.0 Å². The maximum Gasteiger partial charge on any atom is 0.407 e. The molecule has 0 heterocycles. The van der Waals surface area contributed by atoms with Crippen molar-refractivity contribution in [3.8, 4) is 34.5 Å². The number of hydrogen-bond donors (Lipinski definition) is 1. The number of nitrogens with one attached hydrogen (secondary N) is 1. The first-order chi connectivity index (χ1) is 27.8. The van der Waals surface area contributed by atoms with Gasteiger partial charge in [0.15, 0.2) is 41.1 Å². The van der Waals surface area contributed by atoms with Gasteiger partial charge in [0.05, 0.1) is 48.3 Å². The quantitative estimate of drug-likeness (QED) is 0.0530. The Morgan fingerprint density at radius 1 is 0.603 bits per heavy atom. The second-order valence-corrected chi connectivity index (χ2v) is 12.7. The van der Waals surface area contributed by atoms with Crippen LogP contribution in [0.15, 0.2) is 54.6 Å². The molecule has 0 radical (unpaired) electrons. The highest BCUT2D eigenvalue weighted by atomic mass is 16.6. The van der Waals surface area contributed by atoms with Crippen LogP contribution in [0, 0.1) is 0 Å². The highest BCUT2D eigenvalue weighted by Crippen LogP contribution is 2.29. The van der Waals surface area contributed by atoms with Crippen molar-refractivity contribution in [2.24, 2.45) is 0 Å². The molecule has 3 rings (SSSR count). The highest BCUT2D eigenvalue weighted by molar-refractivity contribution is 5.78. The highest BCUT2D eigenvalue weighted by Gasteiger charge is 2.15. The maximum absolute atomic E-state index is 11.4. The van der Waals surface area contributed by atoms with Crippen LogP contribution in [0.1, 0.15) is 84.5 Å². The maximum atomic E-state index is 11.4. The second kappa shape index (κ2) is 28.1. The van der Waals surface area contributed by atoms with Crippen molar-refractivity contribution in [2.75, 3.05) is 61.4 Å². The number of esters is 2. The number of benzene rings is 3. The molecule has 0 aliphatic heterocycles. The first-order valence-corrected chi connectivity index (χ1v) is 18.2. The van der Waals surface area contributed by atoms with Gasteiger partial charge < -0.3 is 47.9 Å². The van der Waals surface area contributed by atoms with E-state index < -0.39 is 17.7 Å². The molecule has 0 aromatic heterocycles. The fourth-order valence-corrected chi connectivity index (χ4v) is 4.39. The number of alkyl carbamates (subject to hydrolysis) is 1. The van der Waals surface area contributed by atoms with E-state index in [1.54, 1.807) is 62.6 Å². The third-order valence-corrected chi connectivity index (χ3v) is 7.13. The van der Waals surface area contributed by atoms with E-state index in [9.17, 15) is 28.8 Å². The van der Waals surface area contributed by atoms with E-state index in [2.05, 4.69) is 10.1 Å². The summed E-state index contributed by atoms with van der Waals surface area (Å²) < 4.78 is 46.1. The molecule has 3 aromatic rings. The minimum absolute atomic E-state index is 0.216. The van der Waals surface area contributed by atoms with Crippen molar-refractivity contribution in [2.45, 2.75) is 59.0 Å². The molecule has 0 spiro atoms. The van der Waals surface area contributed by atoms with Gasteiger partial charge in [0.25, 0.3) is 0 Å². The molecule has 0 saturated heterocycles. The molecule has 0 unspecified atom stereocenters. The molecule has 1 N–H and O–H groups in total. The number of aldehydes is 3. The molecule has 0 aliphatic carbocycles. The van der Waals surface area contributed by atoms with Gasteiger partial charge in [-0.05, 0) is 102 Å². The Balaban J connectivity index is 0.000000439. The average Bonchev–Trinajstić information content (AvgIpc) is 3.22. The number of carbonyl (C=O) groups excluding carboxylic acids is 6. The van der Waals surface area contributed by atoms with Crippen LogP contribution >= 0.6 is 0 Å². The standard InChI is InChI=1S/C16H23NO5.C14H18O5.C12H14O5/c1-16(2,3)22-15(19)17-8-5-9-21-14-10-12(11-18)6-7-13(14)20-4;1-17-12-7-6-11(10-15)9-13(12)19-8-4-3-5-14(16)18-2;1-3-16-12(14)8-17-11-6-9(7-13)4-5-10(11)15-2/h6-7,10-11H,5,8-9H2,1-4H3,(H,17,19);6-7,9-10H,3-5,8H2,1-2H3;4-7H,3,8H2,1-2H3. The fourth-order valence-electron chi connectivity index (χ4n) is 4.39. The van der Waals surface area contributed by atoms with Crippen molar-refractivity contribution in [1.82, 2.24) is 5.32 Å². The lowest BCUT2D eigenvalue weighted by Gasteiger charge is -2.19. The van der Waals surface area contributed by atoms with Crippen LogP contribution in [0.2, 0.25) is 0 Å². The molecular formula is C42H55NO15. The van der Waals surface area contributed by atoms with Crippen LogP contribution in [0.4, 0.5) is 4.79 Å². The predicted molar refractivity (Wildman–Crippen MR) is 213 cm³/mol. The van der Waals surface area contributed by atoms with Gasteiger partial charge in [-0.3, -0.25) is 19.2 Å². The Labute approximate surface area is 339 Å². The summed E-state index contributed by atoms with van der Waals surface area (Å²) >= 11 is 0. The van der Waals surface area contributed by atoms with Crippen LogP contribution < -0.4 is 33.7 Å². The van der Waals surface area contributed by atoms with Crippen molar-refractivity contribution in [3.63, 3.8) is 0 Å². The molecule has 16 nitrogen and oxygen atoms in total. The van der Waals surface area contributed by atoms with E-state index in [4.69, 9.17) is 37.9 Å². The normalized spacial score (nSPS) is 10.1. The summed E-state index contributed by atoms with van der Waals surface area (Å²) in [6, 6.07) is 14.6. The lowest BCUT2D eigenvalue weighted by molar-refractivity contribution is -0.145. The zero-order valence-corrected chi connectivity index (χ0v) is 34.4. The average molecular weight is 814 g/mol. The number of carbonyl (C=O) groups is 6. The number of hydrogen-bond acceptors (Lipinski definition) is 15. The smallest absolute Gasteiger partial charge is 0.407 e. The van der Waals surface area contributed by atoms with Crippen molar-refractivity contribution in [3.05, 3.63) is 71.3 Å². The van der Waals surface area contributed by atoms with E-state index in [0.717, 1.165) is 19.0 Å². The summed E-state index contributed by atoms with van der Waals surface area (Å²) in [6.45, 7) is 8.49. The van der Waals surface area contributed by atoms with Crippen LogP contribution in [0.3, 0.4) is 0 Å². The van der Waals surface area contributed by atoms with Gasteiger partial charge in [0, 0.05) is 29.7 Å². The Morgan fingerprint density at radius 3 is 1.45 bits per heavy atom. The Kier molecular flexibility index (Phi) is 24.1. The molecule has 3 aromatic carbocycles. The topological polar surface area (TPSA) is 198 Å². The van der Waals surface area contributed by atoms with Gasteiger partial charge in [0.1, 0.15) is 24.5 Å². The first-order valence-electron chi connectivity index (χ1n) is 18.2. The molecule has 0 atom stereocenters. The fraction of sp³-hybridized carbons (Fsp3) is 0.429. The van der Waals surface area contributed by atoms with Crippen molar-refractivity contribution >= 4 is 36.9 Å². The molecule has 318 valence electrons. The summed E-state index contributed by atoms with van der Waals surface area (Å²) in [6.07, 6.45) is 4.15. The summed E-state index contributed by atoms with van der Waals surface area (Å²) in [5, 5.41) is 2.65. The number of methoxy groups -OCH3 is 4. The second-order valence-electron chi connectivity index (χ2n) is 12.7. The molecular weight excluding hydrogens is 758 g/mol. The summed E-state index contributed by atoms with van der Waals surface area (Å²) in [5.41, 5.74) is 0.987. The minimum Gasteiger partial charge on any atom is -0.493 e. The first kappa shape index (κ1) is 49.7. The predicted octanol–water partition coefficient (Wildman–Crippen LogP) is 6.48. The zero-order chi connectivity index (χ0) is 43.3. The monoisotopic (exact) mass is 813 g/mol. The van der Waals surface area contributed by atoms with Gasteiger partial charge in [-0.2, -0.15) is 0 Å². The number of amides is 1. The molecule has 0 saturated carbocycles. The Hall–Kier alpha value is -6.32. The zero-order valence-electron chi connectivity index (χ0n) is 34.4. The third kappa shape index (κ3) is 20.6. The van der Waals surface area contributed by atoms with Gasteiger partial charge in [0.2, 0.25) is 0 Å². The molecule has 58 heavy (non-hydrogen) atoms. The summed E-state index contributed by atoms with van der Waals surface area (Å²) in [4.78, 5) is 65.5. The number of ether oxygens (including phenoxy) is 9. The molecule has 0 bridgehead atoms. The van der Waals surface area contributed by atoms with E-state index >= 15 is 0 Å². The molecule has 0 fully saturated rings. The summed E-state index contributed by atoms with van der Waals surface area (Å²) in [7, 11) is 5.93. The van der Waals surface area contributed by atoms with Crippen LogP contribution in [-0.4, -0.2) is 104 Å². The lowest BCUT2D eigenvalue weighted by Crippen LogP contribution is -2.33. The number of unbranched alkanes of at least 4 members (excludes halogenated alkanes) is 1. The minimum atomic E-state index is -0.511. The number of rotatable bonds is 21. The van der Waals surface area contributed by atoms with E-state index in [-0.39, 0.29) is 12.6 Å². The molecule has 0 aliphatic rings. The Morgan fingerprint density at radius 2 is 1.05 bits per heavy atom.